The maximum atomic E-state index is 5.67. The summed E-state index contributed by atoms with van der Waals surface area (Å²) in [7, 11) is 0. The highest BCUT2D eigenvalue weighted by molar-refractivity contribution is 9.10. The van der Waals surface area contributed by atoms with Crippen molar-refractivity contribution in [1.29, 1.82) is 0 Å². The molecule has 3 nitrogen and oxygen atoms in total. The van der Waals surface area contributed by atoms with Crippen molar-refractivity contribution in [2.45, 2.75) is 19.9 Å². The molecule has 19 heavy (non-hydrogen) atoms. The van der Waals surface area contributed by atoms with E-state index in [1.165, 1.54) is 5.56 Å². The summed E-state index contributed by atoms with van der Waals surface area (Å²) in [5.74, 6) is 1.59. The van der Waals surface area contributed by atoms with Crippen molar-refractivity contribution < 1.29 is 4.74 Å². The third kappa shape index (κ3) is 3.96. The largest absolute Gasteiger partial charge is 0.490 e. The fourth-order valence-corrected chi connectivity index (χ4v) is 2.10. The van der Waals surface area contributed by atoms with Gasteiger partial charge in [-0.25, -0.2) is 4.98 Å². The molecule has 0 atom stereocenters. The van der Waals surface area contributed by atoms with E-state index in [4.69, 9.17) is 4.74 Å². The van der Waals surface area contributed by atoms with Gasteiger partial charge in [-0.15, -0.1) is 0 Å². The van der Waals surface area contributed by atoms with Gasteiger partial charge in [0.05, 0.1) is 6.61 Å². The van der Waals surface area contributed by atoms with Crippen LogP contribution in [0.5, 0.6) is 5.75 Å². The molecule has 1 heterocycles. The summed E-state index contributed by atoms with van der Waals surface area (Å²) in [5, 5.41) is 3.31. The molecular weight excluding hydrogens is 304 g/mol. The fraction of sp³-hybridized carbons (Fsp3) is 0.267. The number of rotatable bonds is 6. The molecular formula is C15H17BrN2O. The first kappa shape index (κ1) is 13.9. The van der Waals surface area contributed by atoms with E-state index >= 15 is 0 Å². The van der Waals surface area contributed by atoms with Crippen molar-refractivity contribution in [3.8, 4) is 5.75 Å². The number of nitrogens with zero attached hydrogens (tertiary/aromatic N) is 1. The van der Waals surface area contributed by atoms with E-state index in [1.54, 1.807) is 6.20 Å². The molecule has 0 radical (unpaired) electrons. The Labute approximate surface area is 122 Å². The number of hydrogen-bond donors (Lipinski definition) is 1. The molecule has 0 aliphatic rings. The summed E-state index contributed by atoms with van der Waals surface area (Å²) >= 11 is 3.54. The lowest BCUT2D eigenvalue weighted by atomic mass is 10.2. The maximum absolute atomic E-state index is 5.67. The summed E-state index contributed by atoms with van der Waals surface area (Å²) in [4.78, 5) is 4.32. The predicted octanol–water partition coefficient (Wildman–Crippen LogP) is 4.25. The SMILES string of the molecule is CCCOc1cccnc1NCc1ccccc1Br. The van der Waals surface area contributed by atoms with Gasteiger partial charge in [0.2, 0.25) is 0 Å². The molecule has 0 amide bonds. The second-order valence-corrected chi connectivity index (χ2v) is 5.00. The molecule has 0 aliphatic heterocycles. The molecule has 1 aromatic heterocycles. The second kappa shape index (κ2) is 7.14. The molecule has 0 saturated heterocycles. The molecule has 2 rings (SSSR count). The Kier molecular flexibility index (Phi) is 5.21. The first-order valence-electron chi connectivity index (χ1n) is 6.36. The van der Waals surface area contributed by atoms with Gasteiger partial charge in [-0.2, -0.15) is 0 Å². The third-order valence-corrected chi connectivity index (χ3v) is 3.41. The van der Waals surface area contributed by atoms with Gasteiger partial charge in [0.15, 0.2) is 11.6 Å². The van der Waals surface area contributed by atoms with Crippen LogP contribution in [0.15, 0.2) is 47.1 Å². The highest BCUT2D eigenvalue weighted by atomic mass is 79.9. The lowest BCUT2D eigenvalue weighted by Crippen LogP contribution is -2.05. The maximum Gasteiger partial charge on any atom is 0.169 e. The van der Waals surface area contributed by atoms with Crippen LogP contribution in [0.1, 0.15) is 18.9 Å². The second-order valence-electron chi connectivity index (χ2n) is 4.14. The van der Waals surface area contributed by atoms with Crippen LogP contribution in [-0.2, 0) is 6.54 Å². The Morgan fingerprint density at radius 1 is 1.21 bits per heavy atom. The molecule has 100 valence electrons. The number of benzene rings is 1. The molecule has 0 bridgehead atoms. The van der Waals surface area contributed by atoms with Crippen molar-refractivity contribution in [3.63, 3.8) is 0 Å². The number of halogens is 1. The number of anilines is 1. The lowest BCUT2D eigenvalue weighted by Gasteiger charge is -2.12. The number of nitrogens with one attached hydrogen (secondary N) is 1. The van der Waals surface area contributed by atoms with E-state index in [1.807, 2.05) is 30.3 Å². The zero-order valence-electron chi connectivity index (χ0n) is 10.9. The normalized spacial score (nSPS) is 10.2. The molecule has 0 fully saturated rings. The standard InChI is InChI=1S/C15H17BrN2O/c1-2-10-19-14-8-5-9-17-15(14)18-11-12-6-3-4-7-13(12)16/h3-9H,2,10-11H2,1H3,(H,17,18). The molecule has 0 aliphatic carbocycles. The topological polar surface area (TPSA) is 34.1 Å². The monoisotopic (exact) mass is 320 g/mol. The Morgan fingerprint density at radius 2 is 2.05 bits per heavy atom. The van der Waals surface area contributed by atoms with Crippen LogP contribution in [0.2, 0.25) is 0 Å². The van der Waals surface area contributed by atoms with Gasteiger partial charge in [0.25, 0.3) is 0 Å². The van der Waals surface area contributed by atoms with E-state index in [0.29, 0.717) is 13.2 Å². The van der Waals surface area contributed by atoms with Crippen LogP contribution < -0.4 is 10.1 Å². The minimum atomic E-state index is 0.704. The molecule has 0 saturated carbocycles. The number of pyridine rings is 1. The lowest BCUT2D eigenvalue weighted by molar-refractivity contribution is 0.318. The van der Waals surface area contributed by atoms with Gasteiger partial charge in [0, 0.05) is 17.2 Å². The summed E-state index contributed by atoms with van der Waals surface area (Å²) in [6, 6.07) is 12.0. The van der Waals surface area contributed by atoms with Gasteiger partial charge in [-0.3, -0.25) is 0 Å². The highest BCUT2D eigenvalue weighted by Gasteiger charge is 2.05. The molecule has 0 unspecified atom stereocenters. The Morgan fingerprint density at radius 3 is 2.84 bits per heavy atom. The fourth-order valence-electron chi connectivity index (χ4n) is 1.67. The average Bonchev–Trinajstić information content (AvgIpc) is 2.45. The van der Waals surface area contributed by atoms with E-state index in [0.717, 1.165) is 22.5 Å². The average molecular weight is 321 g/mol. The van der Waals surface area contributed by atoms with Crippen LogP contribution >= 0.6 is 15.9 Å². The molecule has 0 spiro atoms. The first-order valence-corrected chi connectivity index (χ1v) is 7.15. The van der Waals surface area contributed by atoms with Crippen molar-refractivity contribution in [3.05, 3.63) is 52.6 Å². The minimum Gasteiger partial charge on any atom is -0.490 e. The third-order valence-electron chi connectivity index (χ3n) is 2.64. The van der Waals surface area contributed by atoms with E-state index < -0.39 is 0 Å². The number of hydrogen-bond acceptors (Lipinski definition) is 3. The summed E-state index contributed by atoms with van der Waals surface area (Å²) in [6.07, 6.45) is 2.75. The van der Waals surface area contributed by atoms with Crippen molar-refractivity contribution in [1.82, 2.24) is 4.98 Å². The quantitative estimate of drug-likeness (QED) is 0.864. The van der Waals surface area contributed by atoms with Gasteiger partial charge in [-0.1, -0.05) is 41.1 Å². The van der Waals surface area contributed by atoms with Crippen molar-refractivity contribution in [2.24, 2.45) is 0 Å². The summed E-state index contributed by atoms with van der Waals surface area (Å²) in [6.45, 7) is 3.50. The van der Waals surface area contributed by atoms with Crippen LogP contribution in [0, 0.1) is 0 Å². The Hall–Kier alpha value is -1.55. The van der Waals surface area contributed by atoms with Crippen LogP contribution in [0.4, 0.5) is 5.82 Å². The summed E-state index contributed by atoms with van der Waals surface area (Å²) in [5.41, 5.74) is 1.19. The molecule has 2 aromatic rings. The Balaban J connectivity index is 2.05. The van der Waals surface area contributed by atoms with Gasteiger partial charge in [0.1, 0.15) is 0 Å². The summed E-state index contributed by atoms with van der Waals surface area (Å²) < 4.78 is 6.76. The smallest absolute Gasteiger partial charge is 0.169 e. The first-order chi connectivity index (χ1) is 9.31. The number of aromatic nitrogens is 1. The van der Waals surface area contributed by atoms with Crippen molar-refractivity contribution >= 4 is 21.7 Å². The van der Waals surface area contributed by atoms with Gasteiger partial charge in [-0.05, 0) is 30.2 Å². The zero-order chi connectivity index (χ0) is 13.5. The van der Waals surface area contributed by atoms with E-state index in [-0.39, 0.29) is 0 Å². The molecule has 4 heteroatoms. The molecule has 1 N–H and O–H groups in total. The molecule has 1 aromatic carbocycles. The van der Waals surface area contributed by atoms with Crippen LogP contribution in [0.3, 0.4) is 0 Å². The Bertz CT molecular complexity index is 531. The zero-order valence-corrected chi connectivity index (χ0v) is 12.5. The van der Waals surface area contributed by atoms with Gasteiger partial charge >= 0.3 is 0 Å². The predicted molar refractivity (Wildman–Crippen MR) is 81.5 cm³/mol. The van der Waals surface area contributed by atoms with Crippen LogP contribution in [-0.4, -0.2) is 11.6 Å². The number of ether oxygens (including phenoxy) is 1. The van der Waals surface area contributed by atoms with Crippen LogP contribution in [0.25, 0.3) is 0 Å². The van der Waals surface area contributed by atoms with Gasteiger partial charge < -0.3 is 10.1 Å². The highest BCUT2D eigenvalue weighted by Crippen LogP contribution is 2.23. The van der Waals surface area contributed by atoms with E-state index in [2.05, 4.69) is 39.2 Å². The van der Waals surface area contributed by atoms with E-state index in [9.17, 15) is 0 Å². The minimum absolute atomic E-state index is 0.704. The van der Waals surface area contributed by atoms with Crippen molar-refractivity contribution in [2.75, 3.05) is 11.9 Å².